The number of fused-ring (bicyclic) bond motifs is 1. The van der Waals surface area contributed by atoms with Crippen LogP contribution in [0, 0.1) is 23.7 Å². The highest BCUT2D eigenvalue weighted by atomic mass is 14.4. The summed E-state index contributed by atoms with van der Waals surface area (Å²) in [7, 11) is 0. The lowest BCUT2D eigenvalue weighted by atomic mass is 9.92. The Balaban J connectivity index is 2.05. The van der Waals surface area contributed by atoms with Crippen LogP contribution in [0.25, 0.3) is 0 Å². The molecule has 2 atom stereocenters. The molecule has 12 heavy (non-hydrogen) atoms. The molecule has 0 heteroatoms. The van der Waals surface area contributed by atoms with Crippen molar-refractivity contribution < 1.29 is 0 Å². The maximum absolute atomic E-state index is 2.40. The quantitative estimate of drug-likeness (QED) is 0.554. The zero-order chi connectivity index (χ0) is 8.55. The lowest BCUT2D eigenvalue weighted by Gasteiger charge is -2.13. The first-order valence-corrected chi connectivity index (χ1v) is 5.12. The lowest BCUT2D eigenvalue weighted by Crippen LogP contribution is -2.03. The van der Waals surface area contributed by atoms with Crippen LogP contribution in [-0.4, -0.2) is 0 Å². The summed E-state index contributed by atoms with van der Waals surface area (Å²) in [6, 6.07) is 0. The first kappa shape index (κ1) is 8.10. The minimum atomic E-state index is 0.863. The highest BCUT2D eigenvalue weighted by molar-refractivity contribution is 5.16. The van der Waals surface area contributed by atoms with Gasteiger partial charge in [0.25, 0.3) is 0 Å². The van der Waals surface area contributed by atoms with Crippen LogP contribution in [0.3, 0.4) is 0 Å². The Bertz CT molecular complexity index is 190. The van der Waals surface area contributed by atoms with E-state index in [2.05, 4.69) is 38.2 Å². The van der Waals surface area contributed by atoms with Gasteiger partial charge in [-0.05, 0) is 36.5 Å². The van der Waals surface area contributed by atoms with Crippen molar-refractivity contribution in [3.05, 3.63) is 24.3 Å². The molecule has 2 rings (SSSR count). The molecule has 0 saturated heterocycles. The number of hydrogen-bond acceptors (Lipinski definition) is 0. The molecule has 0 aromatic carbocycles. The predicted octanol–water partition coefficient (Wildman–Crippen LogP) is 3.41. The molecule has 0 nitrogen and oxygen atoms in total. The van der Waals surface area contributed by atoms with Crippen LogP contribution in [0.15, 0.2) is 24.3 Å². The minimum absolute atomic E-state index is 0.863. The second-order valence-electron chi connectivity index (χ2n) is 4.57. The molecular formula is C12H18. The van der Waals surface area contributed by atoms with E-state index >= 15 is 0 Å². The van der Waals surface area contributed by atoms with Crippen LogP contribution in [0.2, 0.25) is 0 Å². The second kappa shape index (κ2) is 3.08. The number of rotatable bonds is 1. The molecule has 0 bridgehead atoms. The first-order chi connectivity index (χ1) is 5.77. The van der Waals surface area contributed by atoms with Gasteiger partial charge in [0.05, 0.1) is 0 Å². The van der Waals surface area contributed by atoms with Crippen LogP contribution < -0.4 is 0 Å². The summed E-state index contributed by atoms with van der Waals surface area (Å²) in [6.07, 6.45) is 12.1. The fourth-order valence-corrected chi connectivity index (χ4v) is 2.55. The Kier molecular flexibility index (Phi) is 2.08. The van der Waals surface area contributed by atoms with Gasteiger partial charge in [-0.1, -0.05) is 38.2 Å². The minimum Gasteiger partial charge on any atom is -0.0808 e. The normalized spacial score (nSPS) is 39.1. The maximum atomic E-state index is 2.40. The van der Waals surface area contributed by atoms with E-state index in [9.17, 15) is 0 Å². The van der Waals surface area contributed by atoms with Gasteiger partial charge in [0.1, 0.15) is 0 Å². The molecule has 66 valence electrons. The van der Waals surface area contributed by atoms with Gasteiger partial charge in [0.15, 0.2) is 0 Å². The third-order valence-electron chi connectivity index (χ3n) is 3.47. The molecule has 1 fully saturated rings. The zero-order valence-corrected chi connectivity index (χ0v) is 8.03. The number of allylic oxidation sites excluding steroid dienone is 4. The van der Waals surface area contributed by atoms with Gasteiger partial charge in [0.2, 0.25) is 0 Å². The topological polar surface area (TPSA) is 0 Å². The van der Waals surface area contributed by atoms with E-state index in [4.69, 9.17) is 0 Å². The summed E-state index contributed by atoms with van der Waals surface area (Å²) in [5.41, 5.74) is 0. The van der Waals surface area contributed by atoms with E-state index in [1.165, 1.54) is 12.8 Å². The zero-order valence-electron chi connectivity index (χ0n) is 8.03. The molecule has 0 amide bonds. The van der Waals surface area contributed by atoms with Crippen molar-refractivity contribution in [2.24, 2.45) is 23.7 Å². The summed E-state index contributed by atoms with van der Waals surface area (Å²) in [4.78, 5) is 0. The van der Waals surface area contributed by atoms with Crippen LogP contribution in [0.1, 0.15) is 26.7 Å². The van der Waals surface area contributed by atoms with E-state index in [-0.39, 0.29) is 0 Å². The van der Waals surface area contributed by atoms with Crippen molar-refractivity contribution in [1.29, 1.82) is 0 Å². The second-order valence-corrected chi connectivity index (χ2v) is 4.57. The van der Waals surface area contributed by atoms with Crippen LogP contribution in [0.4, 0.5) is 0 Å². The molecular weight excluding hydrogens is 144 g/mol. The van der Waals surface area contributed by atoms with Crippen molar-refractivity contribution in [1.82, 2.24) is 0 Å². The SMILES string of the molecule is CC(C)C1CC2C=CC=CC2C1. The lowest BCUT2D eigenvalue weighted by molar-refractivity contribution is 0.386. The molecule has 0 aromatic heterocycles. The highest BCUT2D eigenvalue weighted by Gasteiger charge is 2.32. The number of hydrogen-bond donors (Lipinski definition) is 0. The first-order valence-electron chi connectivity index (χ1n) is 5.12. The molecule has 2 aliphatic carbocycles. The summed E-state index contributed by atoms with van der Waals surface area (Å²) in [5.74, 6) is 3.56. The maximum Gasteiger partial charge on any atom is -0.0164 e. The summed E-state index contributed by atoms with van der Waals surface area (Å²) in [5, 5.41) is 0. The van der Waals surface area contributed by atoms with Crippen LogP contribution in [0.5, 0.6) is 0 Å². The van der Waals surface area contributed by atoms with Gasteiger partial charge in [-0.25, -0.2) is 0 Å². The van der Waals surface area contributed by atoms with E-state index in [0.29, 0.717) is 0 Å². The van der Waals surface area contributed by atoms with E-state index in [1.807, 2.05) is 0 Å². The Morgan fingerprint density at radius 1 is 1.00 bits per heavy atom. The van der Waals surface area contributed by atoms with Gasteiger partial charge in [-0.2, -0.15) is 0 Å². The monoisotopic (exact) mass is 162 g/mol. The Hall–Kier alpha value is -0.520. The Labute approximate surface area is 75.4 Å². The van der Waals surface area contributed by atoms with Crippen molar-refractivity contribution in [2.45, 2.75) is 26.7 Å². The van der Waals surface area contributed by atoms with Crippen LogP contribution >= 0.6 is 0 Å². The highest BCUT2D eigenvalue weighted by Crippen LogP contribution is 2.42. The predicted molar refractivity (Wildman–Crippen MR) is 52.8 cm³/mol. The van der Waals surface area contributed by atoms with Crippen molar-refractivity contribution >= 4 is 0 Å². The Morgan fingerprint density at radius 3 is 1.92 bits per heavy atom. The molecule has 0 radical (unpaired) electrons. The molecule has 0 spiro atoms. The molecule has 2 aliphatic rings. The molecule has 0 heterocycles. The van der Waals surface area contributed by atoms with Crippen molar-refractivity contribution in [2.75, 3.05) is 0 Å². The van der Waals surface area contributed by atoms with E-state index in [0.717, 1.165) is 23.7 Å². The van der Waals surface area contributed by atoms with Gasteiger partial charge >= 0.3 is 0 Å². The fraction of sp³-hybridized carbons (Fsp3) is 0.667. The van der Waals surface area contributed by atoms with Gasteiger partial charge in [0, 0.05) is 0 Å². The molecule has 0 aromatic rings. The Morgan fingerprint density at radius 2 is 1.50 bits per heavy atom. The summed E-state index contributed by atoms with van der Waals surface area (Å²) >= 11 is 0. The fourth-order valence-electron chi connectivity index (χ4n) is 2.55. The smallest absolute Gasteiger partial charge is 0.0164 e. The molecule has 1 saturated carbocycles. The molecule has 2 unspecified atom stereocenters. The van der Waals surface area contributed by atoms with Crippen LogP contribution in [-0.2, 0) is 0 Å². The van der Waals surface area contributed by atoms with Crippen molar-refractivity contribution in [3.63, 3.8) is 0 Å². The van der Waals surface area contributed by atoms with Crippen molar-refractivity contribution in [3.8, 4) is 0 Å². The average molecular weight is 162 g/mol. The van der Waals surface area contributed by atoms with Gasteiger partial charge in [-0.3, -0.25) is 0 Å². The third-order valence-corrected chi connectivity index (χ3v) is 3.47. The van der Waals surface area contributed by atoms with E-state index in [1.54, 1.807) is 0 Å². The average Bonchev–Trinajstić information content (AvgIpc) is 2.46. The molecule has 0 aliphatic heterocycles. The van der Waals surface area contributed by atoms with E-state index < -0.39 is 0 Å². The van der Waals surface area contributed by atoms with Gasteiger partial charge < -0.3 is 0 Å². The standard InChI is InChI=1S/C12H18/c1-9(2)12-7-10-5-3-4-6-11(10)8-12/h3-6,9-12H,7-8H2,1-2H3. The largest absolute Gasteiger partial charge is 0.0808 e. The van der Waals surface area contributed by atoms with Gasteiger partial charge in [-0.15, -0.1) is 0 Å². The summed E-state index contributed by atoms with van der Waals surface area (Å²) in [6.45, 7) is 4.71. The third kappa shape index (κ3) is 1.35. The molecule has 0 N–H and O–H groups in total. The summed E-state index contributed by atoms with van der Waals surface area (Å²) < 4.78 is 0.